The van der Waals surface area contributed by atoms with Gasteiger partial charge in [0.15, 0.2) is 5.75 Å². The van der Waals surface area contributed by atoms with E-state index in [2.05, 4.69) is 29.2 Å². The molecule has 1 N–H and O–H groups in total. The van der Waals surface area contributed by atoms with Crippen molar-refractivity contribution in [1.29, 1.82) is 0 Å². The van der Waals surface area contributed by atoms with Gasteiger partial charge in [0.05, 0.1) is 25.0 Å². The van der Waals surface area contributed by atoms with Crippen LogP contribution in [0.5, 0.6) is 5.75 Å². The lowest BCUT2D eigenvalue weighted by Gasteiger charge is -2.20. The number of methoxy groups -OCH3 is 1. The lowest BCUT2D eigenvalue weighted by atomic mass is 10.1. The smallest absolute Gasteiger partial charge is 0.161 e. The van der Waals surface area contributed by atoms with E-state index in [0.717, 1.165) is 36.6 Å². The van der Waals surface area contributed by atoms with Crippen molar-refractivity contribution < 1.29 is 4.74 Å². The molecule has 20 heavy (non-hydrogen) atoms. The quantitative estimate of drug-likeness (QED) is 0.842. The van der Waals surface area contributed by atoms with Gasteiger partial charge in [-0.25, -0.2) is 0 Å². The van der Waals surface area contributed by atoms with Crippen LogP contribution in [0.2, 0.25) is 0 Å². The molecule has 5 heteroatoms. The maximum atomic E-state index is 5.47. The van der Waals surface area contributed by atoms with Crippen molar-refractivity contribution in [2.24, 2.45) is 0 Å². The third kappa shape index (κ3) is 2.99. The van der Waals surface area contributed by atoms with Crippen LogP contribution < -0.4 is 10.1 Å². The lowest BCUT2D eigenvalue weighted by Crippen LogP contribution is -2.26. The number of hydrogen-bond acceptors (Lipinski definition) is 4. The fraction of sp³-hybridized carbons (Fsp3) is 0.467. The second-order valence-electron chi connectivity index (χ2n) is 4.57. The third-order valence-electron chi connectivity index (χ3n) is 3.17. The summed E-state index contributed by atoms with van der Waals surface area (Å²) in [6.45, 7) is 5.94. The monoisotopic (exact) mass is 274 g/mol. The number of rotatable bonds is 7. The highest BCUT2D eigenvalue weighted by Gasteiger charge is 2.23. The normalized spacial score (nSPS) is 12.3. The average Bonchev–Trinajstić information content (AvgIpc) is 2.89. The molecule has 0 aliphatic rings. The average molecular weight is 274 g/mol. The van der Waals surface area contributed by atoms with Gasteiger partial charge in [0.2, 0.25) is 0 Å². The Morgan fingerprint density at radius 1 is 1.35 bits per heavy atom. The molecule has 1 atom stereocenters. The van der Waals surface area contributed by atoms with E-state index in [4.69, 9.17) is 4.74 Å². The van der Waals surface area contributed by atoms with Gasteiger partial charge < -0.3 is 10.1 Å². The first kappa shape index (κ1) is 14.5. The van der Waals surface area contributed by atoms with E-state index in [1.165, 1.54) is 0 Å². The first-order valence-corrected chi connectivity index (χ1v) is 7.05. The van der Waals surface area contributed by atoms with Gasteiger partial charge >= 0.3 is 0 Å². The van der Waals surface area contributed by atoms with E-state index < -0.39 is 0 Å². The number of hydrogen-bond donors (Lipinski definition) is 1. The number of nitrogens with one attached hydrogen (secondary N) is 1. The van der Waals surface area contributed by atoms with Crippen LogP contribution >= 0.6 is 0 Å². The summed E-state index contributed by atoms with van der Waals surface area (Å²) in [5.74, 6) is 0.801. The first-order chi connectivity index (χ1) is 9.81. The standard InChI is InChI=1S/C15H22N4O/c1-4-10-19-15(13(20-3)11-18-19)14(16-5-2)12-8-6-7-9-17-12/h6-9,11,14,16H,4-5,10H2,1-3H3. The van der Waals surface area contributed by atoms with E-state index >= 15 is 0 Å². The molecule has 2 heterocycles. The van der Waals surface area contributed by atoms with Crippen molar-refractivity contribution >= 4 is 0 Å². The largest absolute Gasteiger partial charge is 0.493 e. The van der Waals surface area contributed by atoms with Crippen LogP contribution in [0, 0.1) is 0 Å². The summed E-state index contributed by atoms with van der Waals surface area (Å²) in [6.07, 6.45) is 4.61. The van der Waals surface area contributed by atoms with Crippen molar-refractivity contribution in [3.8, 4) is 5.75 Å². The molecular formula is C15H22N4O. The van der Waals surface area contributed by atoms with Gasteiger partial charge in [-0.15, -0.1) is 0 Å². The molecule has 2 rings (SSSR count). The maximum Gasteiger partial charge on any atom is 0.161 e. The molecule has 1 unspecified atom stereocenters. The molecule has 0 aromatic carbocycles. The van der Waals surface area contributed by atoms with E-state index in [1.807, 2.05) is 29.1 Å². The van der Waals surface area contributed by atoms with Gasteiger partial charge in [0, 0.05) is 12.7 Å². The predicted molar refractivity (Wildman–Crippen MR) is 78.8 cm³/mol. The Labute approximate surface area is 120 Å². The van der Waals surface area contributed by atoms with E-state index in [9.17, 15) is 0 Å². The van der Waals surface area contributed by atoms with Gasteiger partial charge in [0.25, 0.3) is 0 Å². The Morgan fingerprint density at radius 2 is 2.20 bits per heavy atom. The number of nitrogens with zero attached hydrogens (tertiary/aromatic N) is 3. The molecule has 0 fully saturated rings. The fourth-order valence-electron chi connectivity index (χ4n) is 2.31. The molecule has 0 aliphatic heterocycles. The van der Waals surface area contributed by atoms with Crippen molar-refractivity contribution in [3.05, 3.63) is 42.0 Å². The van der Waals surface area contributed by atoms with E-state index in [-0.39, 0.29) is 6.04 Å². The highest BCUT2D eigenvalue weighted by Crippen LogP contribution is 2.29. The molecular weight excluding hydrogens is 252 g/mol. The highest BCUT2D eigenvalue weighted by molar-refractivity contribution is 5.34. The van der Waals surface area contributed by atoms with Crippen molar-refractivity contribution in [2.75, 3.05) is 13.7 Å². The van der Waals surface area contributed by atoms with Crippen LogP contribution in [0.1, 0.15) is 37.7 Å². The zero-order chi connectivity index (χ0) is 14.4. The minimum atomic E-state index is -0.00907. The second kappa shape index (κ2) is 7.05. The summed E-state index contributed by atoms with van der Waals surface area (Å²) >= 11 is 0. The predicted octanol–water partition coefficient (Wildman–Crippen LogP) is 2.40. The lowest BCUT2D eigenvalue weighted by molar-refractivity contribution is 0.397. The van der Waals surface area contributed by atoms with Crippen LogP contribution in [0.3, 0.4) is 0 Å². The first-order valence-electron chi connectivity index (χ1n) is 7.05. The Hall–Kier alpha value is -1.88. The SMILES string of the molecule is CCCn1ncc(OC)c1C(NCC)c1ccccn1. The van der Waals surface area contributed by atoms with Gasteiger partial charge in [-0.05, 0) is 25.1 Å². The molecule has 0 saturated carbocycles. The molecule has 0 saturated heterocycles. The van der Waals surface area contributed by atoms with Crippen LogP contribution in [-0.4, -0.2) is 28.4 Å². The molecule has 2 aromatic heterocycles. The van der Waals surface area contributed by atoms with E-state index in [0.29, 0.717) is 0 Å². The van der Waals surface area contributed by atoms with Crippen LogP contribution in [0.4, 0.5) is 0 Å². The summed E-state index contributed by atoms with van der Waals surface area (Å²) in [4.78, 5) is 4.47. The zero-order valence-electron chi connectivity index (χ0n) is 12.3. The summed E-state index contributed by atoms with van der Waals surface area (Å²) in [5.41, 5.74) is 2.01. The molecule has 108 valence electrons. The van der Waals surface area contributed by atoms with Crippen molar-refractivity contribution in [1.82, 2.24) is 20.1 Å². The number of aryl methyl sites for hydroxylation is 1. The Kier molecular flexibility index (Phi) is 5.12. The summed E-state index contributed by atoms with van der Waals surface area (Å²) in [6, 6.07) is 5.94. The van der Waals surface area contributed by atoms with Crippen molar-refractivity contribution in [2.45, 2.75) is 32.9 Å². The third-order valence-corrected chi connectivity index (χ3v) is 3.17. The van der Waals surface area contributed by atoms with Crippen LogP contribution in [-0.2, 0) is 6.54 Å². The minimum absolute atomic E-state index is 0.00907. The molecule has 5 nitrogen and oxygen atoms in total. The molecule has 0 radical (unpaired) electrons. The van der Waals surface area contributed by atoms with Crippen LogP contribution in [0.15, 0.2) is 30.6 Å². The topological polar surface area (TPSA) is 52.0 Å². The van der Waals surface area contributed by atoms with Crippen LogP contribution in [0.25, 0.3) is 0 Å². The highest BCUT2D eigenvalue weighted by atomic mass is 16.5. The van der Waals surface area contributed by atoms with E-state index in [1.54, 1.807) is 13.3 Å². The second-order valence-corrected chi connectivity index (χ2v) is 4.57. The fourth-order valence-corrected chi connectivity index (χ4v) is 2.31. The Morgan fingerprint density at radius 3 is 2.80 bits per heavy atom. The zero-order valence-corrected chi connectivity index (χ0v) is 12.3. The van der Waals surface area contributed by atoms with Gasteiger partial charge in [-0.3, -0.25) is 9.67 Å². The molecule has 2 aromatic rings. The van der Waals surface area contributed by atoms with Gasteiger partial charge in [-0.1, -0.05) is 19.9 Å². The Balaban J connectivity index is 2.45. The Bertz CT molecular complexity index is 524. The molecule has 0 amide bonds. The van der Waals surface area contributed by atoms with Crippen molar-refractivity contribution in [3.63, 3.8) is 0 Å². The summed E-state index contributed by atoms with van der Waals surface area (Å²) in [5, 5.41) is 7.90. The maximum absolute atomic E-state index is 5.47. The number of aromatic nitrogens is 3. The molecule has 0 bridgehead atoms. The number of pyridine rings is 1. The minimum Gasteiger partial charge on any atom is -0.493 e. The summed E-state index contributed by atoms with van der Waals surface area (Å²) < 4.78 is 7.47. The molecule has 0 aliphatic carbocycles. The molecule has 0 spiro atoms. The van der Waals surface area contributed by atoms with Gasteiger partial charge in [-0.2, -0.15) is 5.10 Å². The number of ether oxygens (including phenoxy) is 1. The van der Waals surface area contributed by atoms with Gasteiger partial charge in [0.1, 0.15) is 5.69 Å². The summed E-state index contributed by atoms with van der Waals surface area (Å²) in [7, 11) is 1.68.